The fraction of sp³-hybridized carbons (Fsp3) is 0.464. The minimum absolute atomic E-state index is 0.0708. The quantitative estimate of drug-likeness (QED) is 0.404. The average molecular weight is 494 g/mol. The number of carbonyl (C=O) groups is 3. The van der Waals surface area contributed by atoms with E-state index in [1.165, 1.54) is 6.42 Å². The maximum absolute atomic E-state index is 13.3. The number of aliphatic carboxylic acids is 1. The highest BCUT2D eigenvalue weighted by Gasteiger charge is 2.39. The number of alkyl carbamates (subject to hydrolysis) is 1. The largest absolute Gasteiger partial charge is 0.480 e. The second-order valence-electron chi connectivity index (χ2n) is 9.81. The SMILES string of the molecule is O=C(NC(Cc1ccccc1)C(=O)NC(CC1CNC2CCCCC12)C(=O)O)OCc1ccccc1. The van der Waals surface area contributed by atoms with Crippen LogP contribution in [0.25, 0.3) is 0 Å². The molecule has 1 saturated heterocycles. The van der Waals surface area contributed by atoms with Crippen molar-refractivity contribution in [2.75, 3.05) is 6.54 Å². The number of benzene rings is 2. The van der Waals surface area contributed by atoms with Gasteiger partial charge in [0, 0.05) is 12.5 Å². The number of carboxylic acids is 1. The fourth-order valence-corrected chi connectivity index (χ4v) is 5.45. The van der Waals surface area contributed by atoms with E-state index in [0.717, 1.165) is 36.9 Å². The number of ether oxygens (including phenoxy) is 1. The van der Waals surface area contributed by atoms with E-state index >= 15 is 0 Å². The molecule has 1 saturated carbocycles. The molecule has 1 aliphatic heterocycles. The van der Waals surface area contributed by atoms with E-state index in [0.29, 0.717) is 18.4 Å². The molecule has 0 radical (unpaired) electrons. The number of carbonyl (C=O) groups excluding carboxylic acids is 2. The van der Waals surface area contributed by atoms with Gasteiger partial charge in [0.1, 0.15) is 18.7 Å². The first-order valence-electron chi connectivity index (χ1n) is 12.8. The molecule has 1 aliphatic carbocycles. The fourth-order valence-electron chi connectivity index (χ4n) is 5.45. The van der Waals surface area contributed by atoms with Gasteiger partial charge in [0.15, 0.2) is 0 Å². The van der Waals surface area contributed by atoms with E-state index in [2.05, 4.69) is 16.0 Å². The normalized spacial score (nSPS) is 22.6. The maximum atomic E-state index is 13.3. The van der Waals surface area contributed by atoms with Crippen LogP contribution in [0.15, 0.2) is 60.7 Å². The molecule has 0 bridgehead atoms. The van der Waals surface area contributed by atoms with Crippen molar-refractivity contribution in [3.8, 4) is 0 Å². The molecule has 0 spiro atoms. The number of hydrogen-bond donors (Lipinski definition) is 4. The number of amides is 2. The highest BCUT2D eigenvalue weighted by atomic mass is 16.5. The summed E-state index contributed by atoms with van der Waals surface area (Å²) in [4.78, 5) is 37.9. The zero-order chi connectivity index (χ0) is 25.3. The smallest absolute Gasteiger partial charge is 0.408 e. The first-order valence-corrected chi connectivity index (χ1v) is 12.8. The van der Waals surface area contributed by atoms with Gasteiger partial charge in [-0.3, -0.25) is 4.79 Å². The van der Waals surface area contributed by atoms with Crippen LogP contribution in [-0.4, -0.2) is 47.7 Å². The van der Waals surface area contributed by atoms with Crippen LogP contribution in [0.3, 0.4) is 0 Å². The minimum atomic E-state index is -1.06. The van der Waals surface area contributed by atoms with Crippen LogP contribution < -0.4 is 16.0 Å². The Balaban J connectivity index is 1.40. The summed E-state index contributed by atoms with van der Waals surface area (Å²) in [6.45, 7) is 0.841. The summed E-state index contributed by atoms with van der Waals surface area (Å²) >= 11 is 0. The summed E-state index contributed by atoms with van der Waals surface area (Å²) in [5, 5.41) is 18.8. The minimum Gasteiger partial charge on any atom is -0.480 e. The third-order valence-electron chi connectivity index (χ3n) is 7.32. The lowest BCUT2D eigenvalue weighted by atomic mass is 9.77. The second kappa shape index (κ2) is 12.5. The van der Waals surface area contributed by atoms with Gasteiger partial charge < -0.3 is 25.8 Å². The average Bonchev–Trinajstić information content (AvgIpc) is 3.30. The molecular formula is C28H35N3O5. The van der Waals surface area contributed by atoms with Crippen molar-refractivity contribution in [2.45, 2.75) is 63.3 Å². The topological polar surface area (TPSA) is 117 Å². The van der Waals surface area contributed by atoms with Gasteiger partial charge in [-0.15, -0.1) is 0 Å². The van der Waals surface area contributed by atoms with Crippen molar-refractivity contribution in [1.82, 2.24) is 16.0 Å². The van der Waals surface area contributed by atoms with Gasteiger partial charge in [0.05, 0.1) is 0 Å². The van der Waals surface area contributed by atoms with Crippen molar-refractivity contribution in [3.05, 3.63) is 71.8 Å². The van der Waals surface area contributed by atoms with E-state index in [9.17, 15) is 19.5 Å². The first kappa shape index (κ1) is 25.7. The summed E-state index contributed by atoms with van der Waals surface area (Å²) in [7, 11) is 0. The Morgan fingerprint density at radius 1 is 0.917 bits per heavy atom. The lowest BCUT2D eigenvalue weighted by Gasteiger charge is -2.30. The van der Waals surface area contributed by atoms with Crippen molar-refractivity contribution in [3.63, 3.8) is 0 Å². The lowest BCUT2D eigenvalue weighted by Crippen LogP contribution is -2.53. The Kier molecular flexibility index (Phi) is 8.95. The molecule has 0 aromatic heterocycles. The zero-order valence-corrected chi connectivity index (χ0v) is 20.4. The van der Waals surface area contributed by atoms with Crippen LogP contribution >= 0.6 is 0 Å². The summed E-state index contributed by atoms with van der Waals surface area (Å²) in [6, 6.07) is 17.0. The molecule has 36 heavy (non-hydrogen) atoms. The number of fused-ring (bicyclic) bond motifs is 1. The molecule has 192 valence electrons. The van der Waals surface area contributed by atoms with Crippen LogP contribution in [0.1, 0.15) is 43.2 Å². The Morgan fingerprint density at radius 2 is 1.58 bits per heavy atom. The molecule has 4 N–H and O–H groups in total. The van der Waals surface area contributed by atoms with Gasteiger partial charge in [-0.1, -0.05) is 73.5 Å². The Morgan fingerprint density at radius 3 is 2.28 bits per heavy atom. The predicted octanol–water partition coefficient (Wildman–Crippen LogP) is 3.26. The van der Waals surface area contributed by atoms with Crippen molar-refractivity contribution < 1.29 is 24.2 Å². The number of hydrogen-bond acceptors (Lipinski definition) is 5. The van der Waals surface area contributed by atoms with Crippen LogP contribution in [0.4, 0.5) is 4.79 Å². The van der Waals surface area contributed by atoms with Gasteiger partial charge in [-0.2, -0.15) is 0 Å². The molecule has 1 heterocycles. The molecule has 8 nitrogen and oxygen atoms in total. The summed E-state index contributed by atoms with van der Waals surface area (Å²) in [5.74, 6) is -0.946. The summed E-state index contributed by atoms with van der Waals surface area (Å²) < 4.78 is 5.31. The third-order valence-corrected chi connectivity index (χ3v) is 7.32. The molecule has 5 atom stereocenters. The Labute approximate surface area is 211 Å². The molecule has 2 fully saturated rings. The standard InChI is InChI=1S/C28H35N3O5/c32-26(30-25(27(33)34)16-21-17-29-23-14-8-7-13-22(21)23)24(15-19-9-3-1-4-10-19)31-28(35)36-18-20-11-5-2-6-12-20/h1-6,9-12,21-25,29H,7-8,13-18H2,(H,30,32)(H,31,35)(H,33,34). The van der Waals surface area contributed by atoms with Crippen molar-refractivity contribution >= 4 is 18.0 Å². The number of rotatable bonds is 10. The Bertz CT molecular complexity index is 1020. The predicted molar refractivity (Wildman–Crippen MR) is 135 cm³/mol. The lowest BCUT2D eigenvalue weighted by molar-refractivity contribution is -0.142. The maximum Gasteiger partial charge on any atom is 0.408 e. The molecule has 4 rings (SSSR count). The van der Waals surface area contributed by atoms with Gasteiger partial charge in [0.2, 0.25) is 5.91 Å². The van der Waals surface area contributed by atoms with Crippen LogP contribution in [0, 0.1) is 11.8 Å². The van der Waals surface area contributed by atoms with Crippen LogP contribution in [0.2, 0.25) is 0 Å². The highest BCUT2D eigenvalue weighted by molar-refractivity contribution is 5.89. The van der Waals surface area contributed by atoms with Crippen molar-refractivity contribution in [2.24, 2.45) is 11.8 Å². The van der Waals surface area contributed by atoms with E-state index in [1.807, 2.05) is 60.7 Å². The number of carboxylic acid groups (broad SMARTS) is 1. The van der Waals surface area contributed by atoms with E-state index in [4.69, 9.17) is 4.74 Å². The zero-order valence-electron chi connectivity index (χ0n) is 20.4. The molecular weight excluding hydrogens is 458 g/mol. The van der Waals surface area contributed by atoms with Gasteiger partial charge in [-0.25, -0.2) is 9.59 Å². The van der Waals surface area contributed by atoms with Gasteiger partial charge in [-0.05, 0) is 48.8 Å². The van der Waals surface area contributed by atoms with Crippen LogP contribution in [-0.2, 0) is 27.4 Å². The number of nitrogens with one attached hydrogen (secondary N) is 3. The molecule has 2 aliphatic rings. The Hall–Kier alpha value is -3.39. The molecule has 2 aromatic carbocycles. The van der Waals surface area contributed by atoms with Gasteiger partial charge in [0.25, 0.3) is 0 Å². The summed E-state index contributed by atoms with van der Waals surface area (Å²) in [5.41, 5.74) is 1.67. The third kappa shape index (κ3) is 7.07. The van der Waals surface area contributed by atoms with E-state index < -0.39 is 30.1 Å². The summed E-state index contributed by atoms with van der Waals surface area (Å²) in [6.07, 6.45) is 4.44. The molecule has 5 unspecified atom stereocenters. The first-order chi connectivity index (χ1) is 17.5. The van der Waals surface area contributed by atoms with Gasteiger partial charge >= 0.3 is 12.1 Å². The second-order valence-corrected chi connectivity index (χ2v) is 9.81. The van der Waals surface area contributed by atoms with Crippen LogP contribution in [0.5, 0.6) is 0 Å². The van der Waals surface area contributed by atoms with E-state index in [1.54, 1.807) is 0 Å². The molecule has 8 heteroatoms. The van der Waals surface area contributed by atoms with Crippen molar-refractivity contribution in [1.29, 1.82) is 0 Å². The highest BCUT2D eigenvalue weighted by Crippen LogP contribution is 2.36. The molecule has 2 amide bonds. The van der Waals surface area contributed by atoms with E-state index in [-0.39, 0.29) is 18.9 Å². The monoisotopic (exact) mass is 493 g/mol. The molecule has 2 aromatic rings.